The first kappa shape index (κ1) is 24.8. The number of benzene rings is 2. The van der Waals surface area contributed by atoms with Crippen LogP contribution in [0.2, 0.25) is 0 Å². The lowest BCUT2D eigenvalue weighted by atomic mass is 9.95. The second-order valence-corrected chi connectivity index (χ2v) is 8.12. The molecular formula is C24H31NO7. The van der Waals surface area contributed by atoms with Crippen molar-refractivity contribution in [2.75, 3.05) is 26.6 Å². The van der Waals surface area contributed by atoms with Gasteiger partial charge >= 0.3 is 6.16 Å². The average molecular weight is 446 g/mol. The lowest BCUT2D eigenvalue weighted by Crippen LogP contribution is -2.31. The first-order valence-electron chi connectivity index (χ1n) is 10.1. The molecule has 0 aliphatic heterocycles. The van der Waals surface area contributed by atoms with E-state index in [9.17, 15) is 9.59 Å². The molecule has 0 fully saturated rings. The van der Waals surface area contributed by atoms with Gasteiger partial charge in [-0.3, -0.25) is 4.79 Å². The molecule has 2 atom stereocenters. The number of hydrogen-bond donors (Lipinski definition) is 1. The molecule has 174 valence electrons. The fourth-order valence-corrected chi connectivity index (χ4v) is 2.93. The van der Waals surface area contributed by atoms with Crippen LogP contribution in [0, 0.1) is 5.92 Å². The summed E-state index contributed by atoms with van der Waals surface area (Å²) in [6.45, 7) is 6.88. The number of amides is 1. The van der Waals surface area contributed by atoms with Gasteiger partial charge in [0.25, 0.3) is 0 Å². The molecule has 0 heterocycles. The topological polar surface area (TPSA) is 92.3 Å². The van der Waals surface area contributed by atoms with Crippen LogP contribution in [0.5, 0.6) is 17.2 Å². The summed E-state index contributed by atoms with van der Waals surface area (Å²) in [7, 11) is 4.60. The summed E-state index contributed by atoms with van der Waals surface area (Å²) in [5.41, 5.74) is 0.408. The van der Waals surface area contributed by atoms with Gasteiger partial charge in [0, 0.05) is 5.69 Å². The SMILES string of the molecule is COc1ccc(NC(=O)[C@H](C)[C@H](OC(=O)OC(C)(C)C)c2ccc(OC)c(OC)c2)cc1. The van der Waals surface area contributed by atoms with Gasteiger partial charge in [0.1, 0.15) is 17.5 Å². The highest BCUT2D eigenvalue weighted by atomic mass is 16.7. The van der Waals surface area contributed by atoms with Gasteiger partial charge in [0.2, 0.25) is 5.91 Å². The van der Waals surface area contributed by atoms with E-state index in [0.29, 0.717) is 28.5 Å². The summed E-state index contributed by atoms with van der Waals surface area (Å²) >= 11 is 0. The van der Waals surface area contributed by atoms with Gasteiger partial charge in [-0.1, -0.05) is 6.07 Å². The minimum absolute atomic E-state index is 0.335. The molecule has 2 aromatic rings. The number of ether oxygens (including phenoxy) is 5. The minimum atomic E-state index is -0.928. The summed E-state index contributed by atoms with van der Waals surface area (Å²) in [5, 5.41) is 2.83. The van der Waals surface area contributed by atoms with Crippen molar-refractivity contribution in [3.05, 3.63) is 48.0 Å². The Kier molecular flexibility index (Phi) is 8.34. The van der Waals surface area contributed by atoms with Gasteiger partial charge in [-0.05, 0) is 69.7 Å². The molecule has 1 amide bonds. The first-order valence-corrected chi connectivity index (χ1v) is 10.1. The van der Waals surface area contributed by atoms with Crippen LogP contribution in [0.25, 0.3) is 0 Å². The highest BCUT2D eigenvalue weighted by Gasteiger charge is 2.32. The number of methoxy groups -OCH3 is 3. The third kappa shape index (κ3) is 6.80. The molecule has 8 nitrogen and oxygen atoms in total. The molecule has 8 heteroatoms. The first-order chi connectivity index (χ1) is 15.1. The zero-order chi connectivity index (χ0) is 23.9. The van der Waals surface area contributed by atoms with Crippen molar-refractivity contribution in [3.8, 4) is 17.2 Å². The molecule has 0 radical (unpaired) electrons. The summed E-state index contributed by atoms with van der Waals surface area (Å²) < 4.78 is 26.7. The van der Waals surface area contributed by atoms with Crippen LogP contribution in [0.15, 0.2) is 42.5 Å². The lowest BCUT2D eigenvalue weighted by molar-refractivity contribution is -0.124. The molecule has 0 unspecified atom stereocenters. The zero-order valence-corrected chi connectivity index (χ0v) is 19.6. The molecular weight excluding hydrogens is 414 g/mol. The van der Waals surface area contributed by atoms with Crippen LogP contribution in [0.1, 0.15) is 39.4 Å². The quantitative estimate of drug-likeness (QED) is 0.573. The number of nitrogens with one attached hydrogen (secondary N) is 1. The van der Waals surface area contributed by atoms with E-state index in [1.54, 1.807) is 77.3 Å². The number of hydrogen-bond acceptors (Lipinski definition) is 7. The van der Waals surface area contributed by atoms with Crippen LogP contribution in [0.3, 0.4) is 0 Å². The van der Waals surface area contributed by atoms with E-state index in [1.807, 2.05) is 0 Å². The van der Waals surface area contributed by atoms with Crippen LogP contribution in [-0.4, -0.2) is 39.0 Å². The Morgan fingerprint density at radius 3 is 2.03 bits per heavy atom. The van der Waals surface area contributed by atoms with Crippen molar-refractivity contribution in [3.63, 3.8) is 0 Å². The van der Waals surface area contributed by atoms with E-state index in [0.717, 1.165) is 0 Å². The minimum Gasteiger partial charge on any atom is -0.497 e. The van der Waals surface area contributed by atoms with Gasteiger partial charge < -0.3 is 29.0 Å². The van der Waals surface area contributed by atoms with E-state index in [4.69, 9.17) is 23.7 Å². The van der Waals surface area contributed by atoms with Crippen LogP contribution in [-0.2, 0) is 14.3 Å². The van der Waals surface area contributed by atoms with Crippen molar-refractivity contribution in [1.29, 1.82) is 0 Å². The molecule has 0 saturated carbocycles. The van der Waals surface area contributed by atoms with Gasteiger partial charge in [0.05, 0.1) is 27.2 Å². The largest absolute Gasteiger partial charge is 0.509 e. The Morgan fingerprint density at radius 1 is 0.875 bits per heavy atom. The maximum atomic E-state index is 13.0. The summed E-state index contributed by atoms with van der Waals surface area (Å²) in [4.78, 5) is 25.4. The van der Waals surface area contributed by atoms with Crippen molar-refractivity contribution in [2.24, 2.45) is 5.92 Å². The van der Waals surface area contributed by atoms with Crippen molar-refractivity contribution in [2.45, 2.75) is 39.4 Å². The Morgan fingerprint density at radius 2 is 1.50 bits per heavy atom. The number of carbonyl (C=O) groups excluding carboxylic acids is 2. The van der Waals surface area contributed by atoms with Gasteiger partial charge in [0.15, 0.2) is 11.5 Å². The second-order valence-electron chi connectivity index (χ2n) is 8.12. The van der Waals surface area contributed by atoms with Crippen LogP contribution in [0.4, 0.5) is 10.5 Å². The molecule has 0 bridgehead atoms. The van der Waals surface area contributed by atoms with Crippen molar-refractivity contribution >= 4 is 17.7 Å². The number of anilines is 1. The molecule has 1 N–H and O–H groups in total. The van der Waals surface area contributed by atoms with Crippen molar-refractivity contribution < 1.29 is 33.3 Å². The smallest absolute Gasteiger partial charge is 0.497 e. The standard InChI is InChI=1S/C24H31NO7/c1-15(22(26)25-17-9-11-18(28-5)12-10-17)21(31-23(27)32-24(2,3)4)16-8-13-19(29-6)20(14-16)30-7/h8-15,21H,1-7H3,(H,25,26)/t15-,21+/m1/s1. The maximum Gasteiger partial charge on any atom is 0.509 e. The molecule has 0 aromatic heterocycles. The van der Waals surface area contributed by atoms with Gasteiger partial charge in [-0.25, -0.2) is 4.79 Å². The second kappa shape index (κ2) is 10.7. The third-order valence-electron chi connectivity index (χ3n) is 4.57. The Hall–Kier alpha value is -3.42. The zero-order valence-electron chi connectivity index (χ0n) is 19.6. The Balaban J connectivity index is 2.31. The van der Waals surface area contributed by atoms with Crippen molar-refractivity contribution in [1.82, 2.24) is 0 Å². The monoisotopic (exact) mass is 445 g/mol. The predicted molar refractivity (Wildman–Crippen MR) is 120 cm³/mol. The van der Waals surface area contributed by atoms with Crippen LogP contribution >= 0.6 is 0 Å². The van der Waals surface area contributed by atoms with E-state index in [2.05, 4.69) is 5.32 Å². The summed E-state index contributed by atoms with van der Waals surface area (Å²) in [6, 6.07) is 12.0. The average Bonchev–Trinajstić information content (AvgIpc) is 2.75. The highest BCUT2D eigenvalue weighted by Crippen LogP contribution is 2.35. The molecule has 2 rings (SSSR count). The van der Waals surface area contributed by atoms with E-state index in [1.165, 1.54) is 14.2 Å². The van der Waals surface area contributed by atoms with E-state index >= 15 is 0 Å². The molecule has 0 saturated heterocycles. The summed E-state index contributed by atoms with van der Waals surface area (Å²) in [5.74, 6) is 0.557. The highest BCUT2D eigenvalue weighted by molar-refractivity contribution is 5.93. The Bertz CT molecular complexity index is 919. The fraction of sp³-hybridized carbons (Fsp3) is 0.417. The lowest BCUT2D eigenvalue weighted by Gasteiger charge is -2.26. The van der Waals surface area contributed by atoms with Gasteiger partial charge in [-0.2, -0.15) is 0 Å². The number of carbonyl (C=O) groups is 2. The van der Waals surface area contributed by atoms with E-state index < -0.39 is 23.8 Å². The van der Waals surface area contributed by atoms with Crippen LogP contribution < -0.4 is 19.5 Å². The fourth-order valence-electron chi connectivity index (χ4n) is 2.93. The molecule has 0 aliphatic rings. The number of rotatable bonds is 8. The molecule has 0 aliphatic carbocycles. The molecule has 32 heavy (non-hydrogen) atoms. The predicted octanol–water partition coefficient (Wildman–Crippen LogP) is 4.98. The molecule has 0 spiro atoms. The van der Waals surface area contributed by atoms with E-state index in [-0.39, 0.29) is 5.91 Å². The summed E-state index contributed by atoms with van der Waals surface area (Å²) in [6.07, 6.45) is -1.80. The normalized spacial score (nSPS) is 12.8. The Labute approximate surface area is 188 Å². The third-order valence-corrected chi connectivity index (χ3v) is 4.57. The molecule has 2 aromatic carbocycles. The van der Waals surface area contributed by atoms with Gasteiger partial charge in [-0.15, -0.1) is 0 Å². The maximum absolute atomic E-state index is 13.0.